The van der Waals surface area contributed by atoms with Crippen LogP contribution in [0, 0.1) is 0 Å². The molecule has 0 aromatic carbocycles. The topological polar surface area (TPSA) is 69.9 Å². The number of hydrogen-bond acceptors (Lipinski definition) is 3. The van der Waals surface area contributed by atoms with E-state index in [9.17, 15) is 0 Å². The van der Waals surface area contributed by atoms with Crippen molar-refractivity contribution in [1.29, 1.82) is 0 Å². The lowest BCUT2D eigenvalue weighted by Crippen LogP contribution is -2.32. The van der Waals surface area contributed by atoms with E-state index in [1.165, 1.54) is 0 Å². The molecule has 1 aromatic rings. The second-order valence-corrected chi connectivity index (χ2v) is 2.73. The molecule has 1 unspecified atom stereocenters. The molecule has 0 aliphatic rings. The van der Waals surface area contributed by atoms with E-state index >= 15 is 0 Å². The van der Waals surface area contributed by atoms with Crippen LogP contribution in [0.15, 0.2) is 18.5 Å². The predicted molar refractivity (Wildman–Crippen MR) is 43.7 cm³/mol. The van der Waals surface area contributed by atoms with Gasteiger partial charge in [0.25, 0.3) is 0 Å². The zero-order chi connectivity index (χ0) is 8.27. The molecule has 1 rings (SSSR count). The summed E-state index contributed by atoms with van der Waals surface area (Å²) < 4.78 is 1.85. The first kappa shape index (κ1) is 8.23. The van der Waals surface area contributed by atoms with Crippen LogP contribution >= 0.6 is 0 Å². The van der Waals surface area contributed by atoms with Crippen LogP contribution in [0.25, 0.3) is 0 Å². The molecule has 1 atom stereocenters. The molecule has 11 heavy (non-hydrogen) atoms. The van der Waals surface area contributed by atoms with Gasteiger partial charge in [0.1, 0.15) is 0 Å². The van der Waals surface area contributed by atoms with Crippen molar-refractivity contribution >= 4 is 0 Å². The molecule has 0 spiro atoms. The van der Waals surface area contributed by atoms with Gasteiger partial charge in [-0.1, -0.05) is 0 Å². The summed E-state index contributed by atoms with van der Waals surface area (Å²) in [6, 6.07) is 2.17. The zero-order valence-corrected chi connectivity index (χ0v) is 6.64. The van der Waals surface area contributed by atoms with Gasteiger partial charge in [0.05, 0.1) is 12.2 Å². The fraction of sp³-hybridized carbons (Fsp3) is 0.571. The summed E-state index contributed by atoms with van der Waals surface area (Å²) in [7, 11) is 0. The number of rotatable bonds is 3. The summed E-state index contributed by atoms with van der Waals surface area (Å²) in [5, 5.41) is 4.07. The van der Waals surface area contributed by atoms with Crippen LogP contribution < -0.4 is 11.5 Å². The van der Waals surface area contributed by atoms with Crippen molar-refractivity contribution < 1.29 is 0 Å². The highest BCUT2D eigenvalue weighted by Crippen LogP contribution is 2.07. The largest absolute Gasteiger partial charge is 0.316 e. The second kappa shape index (κ2) is 3.50. The summed E-state index contributed by atoms with van der Waals surface area (Å²) in [5.74, 6) is 0. The van der Waals surface area contributed by atoms with Crippen LogP contribution in [0.3, 0.4) is 0 Å². The molecule has 0 bridgehead atoms. The van der Waals surface area contributed by atoms with Gasteiger partial charge < -0.3 is 11.5 Å². The number of hydrogen-bond donors (Lipinski definition) is 2. The lowest BCUT2D eigenvalue weighted by molar-refractivity contribution is 0.421. The summed E-state index contributed by atoms with van der Waals surface area (Å²) in [4.78, 5) is 0. The SMILES string of the molecule is CC(CC(N)N)n1cccn1. The van der Waals surface area contributed by atoms with Gasteiger partial charge in [-0.3, -0.25) is 4.68 Å². The van der Waals surface area contributed by atoms with E-state index < -0.39 is 0 Å². The van der Waals surface area contributed by atoms with E-state index in [1.807, 2.05) is 23.9 Å². The van der Waals surface area contributed by atoms with Gasteiger partial charge in [-0.15, -0.1) is 0 Å². The monoisotopic (exact) mass is 154 g/mol. The molecule has 1 heterocycles. The van der Waals surface area contributed by atoms with Gasteiger partial charge in [-0.2, -0.15) is 5.10 Å². The maximum Gasteiger partial charge on any atom is 0.0541 e. The Kier molecular flexibility index (Phi) is 2.62. The van der Waals surface area contributed by atoms with Crippen LogP contribution in [0.1, 0.15) is 19.4 Å². The fourth-order valence-electron chi connectivity index (χ4n) is 1.04. The lowest BCUT2D eigenvalue weighted by Gasteiger charge is -2.13. The minimum atomic E-state index is -0.255. The molecule has 4 N–H and O–H groups in total. The van der Waals surface area contributed by atoms with Gasteiger partial charge in [0.15, 0.2) is 0 Å². The van der Waals surface area contributed by atoms with Crippen molar-refractivity contribution in [3.63, 3.8) is 0 Å². The predicted octanol–water partition coefficient (Wildman–Crippen LogP) is 0.0777. The summed E-state index contributed by atoms with van der Waals surface area (Å²) in [5.41, 5.74) is 10.9. The molecule has 0 aliphatic heterocycles. The van der Waals surface area contributed by atoms with E-state index in [1.54, 1.807) is 6.20 Å². The lowest BCUT2D eigenvalue weighted by atomic mass is 10.2. The third-order valence-corrected chi connectivity index (χ3v) is 1.59. The number of nitrogens with zero attached hydrogens (tertiary/aromatic N) is 2. The Hall–Kier alpha value is -0.870. The van der Waals surface area contributed by atoms with E-state index in [0.29, 0.717) is 0 Å². The highest BCUT2D eigenvalue weighted by Gasteiger charge is 2.06. The fourth-order valence-corrected chi connectivity index (χ4v) is 1.04. The van der Waals surface area contributed by atoms with Crippen molar-refractivity contribution in [1.82, 2.24) is 9.78 Å². The first-order chi connectivity index (χ1) is 5.20. The van der Waals surface area contributed by atoms with Crippen molar-refractivity contribution in [2.45, 2.75) is 25.6 Å². The zero-order valence-electron chi connectivity index (χ0n) is 6.64. The van der Waals surface area contributed by atoms with Gasteiger partial charge in [0, 0.05) is 12.4 Å². The Morgan fingerprint density at radius 3 is 2.73 bits per heavy atom. The van der Waals surface area contributed by atoms with Gasteiger partial charge in [-0.25, -0.2) is 0 Å². The van der Waals surface area contributed by atoms with E-state index in [-0.39, 0.29) is 12.2 Å². The van der Waals surface area contributed by atoms with Crippen molar-refractivity contribution in [2.24, 2.45) is 11.5 Å². The molecule has 0 saturated heterocycles. The van der Waals surface area contributed by atoms with Crippen molar-refractivity contribution in [2.75, 3.05) is 0 Å². The minimum absolute atomic E-state index is 0.255. The van der Waals surface area contributed by atoms with E-state index in [4.69, 9.17) is 11.5 Å². The normalized spacial score (nSPS) is 13.8. The number of aromatic nitrogens is 2. The Balaban J connectivity index is 2.49. The maximum atomic E-state index is 5.44. The third-order valence-electron chi connectivity index (χ3n) is 1.59. The molecule has 62 valence electrons. The van der Waals surface area contributed by atoms with Gasteiger partial charge in [-0.05, 0) is 19.4 Å². The highest BCUT2D eigenvalue weighted by molar-refractivity contribution is 4.81. The molecular weight excluding hydrogens is 140 g/mol. The van der Waals surface area contributed by atoms with Gasteiger partial charge >= 0.3 is 0 Å². The van der Waals surface area contributed by atoms with Crippen LogP contribution in [0.2, 0.25) is 0 Å². The van der Waals surface area contributed by atoms with E-state index in [2.05, 4.69) is 5.10 Å². The van der Waals surface area contributed by atoms with Crippen LogP contribution in [-0.4, -0.2) is 15.9 Å². The molecular formula is C7H14N4. The number of nitrogens with two attached hydrogens (primary N) is 2. The first-order valence-corrected chi connectivity index (χ1v) is 3.70. The first-order valence-electron chi connectivity index (χ1n) is 3.70. The smallest absolute Gasteiger partial charge is 0.0541 e. The Labute approximate surface area is 66.2 Å². The molecule has 4 nitrogen and oxygen atoms in total. The molecule has 0 fully saturated rings. The molecule has 1 aromatic heterocycles. The Morgan fingerprint density at radius 1 is 1.55 bits per heavy atom. The summed E-state index contributed by atoms with van der Waals surface area (Å²) in [6.45, 7) is 2.04. The summed E-state index contributed by atoms with van der Waals surface area (Å²) in [6.07, 6.45) is 4.15. The van der Waals surface area contributed by atoms with Crippen LogP contribution in [0.5, 0.6) is 0 Å². The standard InChI is InChI=1S/C7H14N4/c1-6(5-7(8)9)11-4-2-3-10-11/h2-4,6-7H,5,8-9H2,1H3. The average Bonchev–Trinajstić information content (AvgIpc) is 2.35. The molecule has 4 heteroatoms. The molecule has 0 amide bonds. The van der Waals surface area contributed by atoms with Crippen LogP contribution in [0.4, 0.5) is 0 Å². The molecule has 0 aliphatic carbocycles. The molecule has 0 saturated carbocycles. The highest BCUT2D eigenvalue weighted by atomic mass is 15.3. The summed E-state index contributed by atoms with van der Waals surface area (Å²) >= 11 is 0. The van der Waals surface area contributed by atoms with Crippen molar-refractivity contribution in [3.05, 3.63) is 18.5 Å². The Bertz CT molecular complexity index is 192. The second-order valence-electron chi connectivity index (χ2n) is 2.73. The maximum absolute atomic E-state index is 5.44. The minimum Gasteiger partial charge on any atom is -0.316 e. The average molecular weight is 154 g/mol. The third kappa shape index (κ3) is 2.32. The quantitative estimate of drug-likeness (QED) is 0.606. The van der Waals surface area contributed by atoms with E-state index in [0.717, 1.165) is 6.42 Å². The molecule has 0 radical (unpaired) electrons. The Morgan fingerprint density at radius 2 is 2.27 bits per heavy atom. The van der Waals surface area contributed by atoms with Gasteiger partial charge in [0.2, 0.25) is 0 Å². The van der Waals surface area contributed by atoms with Crippen molar-refractivity contribution in [3.8, 4) is 0 Å². The van der Waals surface area contributed by atoms with Crippen LogP contribution in [-0.2, 0) is 0 Å².